The Bertz CT molecular complexity index is 3460. The molecule has 270 valence electrons. The van der Waals surface area contributed by atoms with Gasteiger partial charge >= 0.3 is 0 Å². The van der Waals surface area contributed by atoms with Gasteiger partial charge in [0.05, 0.1) is 44.1 Å². The number of rotatable bonds is 4. The molecule has 4 heterocycles. The van der Waals surface area contributed by atoms with Crippen LogP contribution in [0.25, 0.3) is 110 Å². The van der Waals surface area contributed by atoms with Crippen molar-refractivity contribution in [3.05, 3.63) is 206 Å². The molecule has 0 fully saturated rings. The van der Waals surface area contributed by atoms with E-state index in [-0.39, 0.29) is 0 Å². The normalized spacial score (nSPS) is 12.1. The highest BCUT2D eigenvalue weighted by atomic mass is 15.0. The fourth-order valence-electron chi connectivity index (χ4n) is 9.93. The van der Waals surface area contributed by atoms with E-state index >= 15 is 0 Å². The van der Waals surface area contributed by atoms with E-state index in [1.54, 1.807) is 0 Å². The second-order valence-electron chi connectivity index (χ2n) is 15.4. The highest BCUT2D eigenvalue weighted by Crippen LogP contribution is 2.41. The summed E-state index contributed by atoms with van der Waals surface area (Å²) in [5.74, 6) is 0. The van der Waals surface area contributed by atoms with Gasteiger partial charge in [-0.2, -0.15) is 0 Å². The molecule has 0 aliphatic rings. The maximum absolute atomic E-state index is 2.46. The molecule has 0 unspecified atom stereocenters. The molecule has 4 heteroatoms. The van der Waals surface area contributed by atoms with Crippen molar-refractivity contribution in [2.75, 3.05) is 0 Å². The average molecular weight is 739 g/mol. The molecule has 4 aromatic heterocycles. The molecule has 13 aromatic rings. The third-order valence-corrected chi connectivity index (χ3v) is 12.3. The van der Waals surface area contributed by atoms with Gasteiger partial charge in [0.2, 0.25) is 0 Å². The van der Waals surface area contributed by atoms with Crippen molar-refractivity contribution in [2.24, 2.45) is 0 Å². The lowest BCUT2D eigenvalue weighted by Gasteiger charge is -2.14. The van der Waals surface area contributed by atoms with Gasteiger partial charge in [0.15, 0.2) is 0 Å². The van der Waals surface area contributed by atoms with Crippen molar-refractivity contribution in [2.45, 2.75) is 0 Å². The molecule has 0 N–H and O–H groups in total. The van der Waals surface area contributed by atoms with Crippen LogP contribution < -0.4 is 0 Å². The van der Waals surface area contributed by atoms with Crippen molar-refractivity contribution in [1.29, 1.82) is 0 Å². The quantitative estimate of drug-likeness (QED) is 0.171. The number of para-hydroxylation sites is 6. The Kier molecular flexibility index (Phi) is 6.41. The second kappa shape index (κ2) is 11.8. The number of fused-ring (bicyclic) bond motifs is 12. The van der Waals surface area contributed by atoms with Crippen molar-refractivity contribution < 1.29 is 0 Å². The van der Waals surface area contributed by atoms with Crippen LogP contribution in [0.4, 0.5) is 0 Å². The van der Waals surface area contributed by atoms with Crippen LogP contribution in [0.2, 0.25) is 0 Å². The minimum absolute atomic E-state index is 1.13. The number of hydrogen-bond donors (Lipinski definition) is 0. The largest absolute Gasteiger partial charge is 0.309 e. The summed E-state index contributed by atoms with van der Waals surface area (Å²) in [5.41, 5.74) is 14.1. The predicted octanol–water partition coefficient (Wildman–Crippen LogP) is 14.1. The Morgan fingerprint density at radius 1 is 0.172 bits per heavy atom. The van der Waals surface area contributed by atoms with Crippen LogP contribution in [0, 0.1) is 0 Å². The summed E-state index contributed by atoms with van der Waals surface area (Å²) < 4.78 is 9.72. The Morgan fingerprint density at radius 2 is 0.414 bits per heavy atom. The Labute approximate surface area is 333 Å². The molecule has 9 aromatic carbocycles. The second-order valence-corrected chi connectivity index (χ2v) is 15.4. The van der Waals surface area contributed by atoms with E-state index in [0.29, 0.717) is 0 Å². The molecule has 0 atom stereocenters. The van der Waals surface area contributed by atoms with E-state index in [0.717, 1.165) is 22.7 Å². The molecule has 0 saturated heterocycles. The van der Waals surface area contributed by atoms with Gasteiger partial charge in [0, 0.05) is 65.8 Å². The Morgan fingerprint density at radius 3 is 0.707 bits per heavy atom. The number of nitrogens with zero attached hydrogens (tertiary/aromatic N) is 4. The van der Waals surface area contributed by atoms with Gasteiger partial charge in [-0.05, 0) is 84.9 Å². The monoisotopic (exact) mass is 738 g/mol. The summed E-state index contributed by atoms with van der Waals surface area (Å²) >= 11 is 0. The summed E-state index contributed by atoms with van der Waals surface area (Å²) in [6.45, 7) is 0. The predicted molar refractivity (Wildman–Crippen MR) is 244 cm³/mol. The van der Waals surface area contributed by atoms with Crippen LogP contribution in [-0.2, 0) is 0 Å². The van der Waals surface area contributed by atoms with Crippen molar-refractivity contribution in [3.63, 3.8) is 0 Å². The lowest BCUT2D eigenvalue weighted by Crippen LogP contribution is -1.99. The van der Waals surface area contributed by atoms with E-state index in [2.05, 4.69) is 225 Å². The average Bonchev–Trinajstić information content (AvgIpc) is 4.00. The third-order valence-electron chi connectivity index (χ3n) is 12.3. The maximum atomic E-state index is 2.46. The van der Waals surface area contributed by atoms with E-state index in [1.807, 2.05) is 0 Å². The molecule has 4 nitrogen and oxygen atoms in total. The van der Waals surface area contributed by atoms with Gasteiger partial charge < -0.3 is 18.3 Å². The van der Waals surface area contributed by atoms with Gasteiger partial charge in [0.25, 0.3) is 0 Å². The third kappa shape index (κ3) is 4.29. The Balaban J connectivity index is 1.07. The van der Waals surface area contributed by atoms with Gasteiger partial charge in [-0.25, -0.2) is 0 Å². The van der Waals surface area contributed by atoms with Gasteiger partial charge in [-0.3, -0.25) is 0 Å². The van der Waals surface area contributed by atoms with Gasteiger partial charge in [0.1, 0.15) is 0 Å². The molecule has 0 bridgehead atoms. The highest BCUT2D eigenvalue weighted by Gasteiger charge is 2.20. The number of aromatic nitrogens is 4. The molecule has 0 aliphatic heterocycles. The fraction of sp³-hybridized carbons (Fsp3) is 0. The lowest BCUT2D eigenvalue weighted by molar-refractivity contribution is 1.13. The zero-order chi connectivity index (χ0) is 37.9. The standard InChI is InChI=1S/C54H34N4/c1-7-25-47-39(19-1)40-20-2-8-26-48(40)55(47)35-15-13-17-37(31-35)57-51-29-11-5-23-43(51)45-33-46-44-24-6-12-30-52(44)58(54(46)34-53(45)57)38-18-14-16-36(32-38)56-49-27-9-3-21-41(49)42-22-4-10-28-50(42)56/h1-34H. The van der Waals surface area contributed by atoms with Crippen LogP contribution in [0.1, 0.15) is 0 Å². The molecule has 0 radical (unpaired) electrons. The molecular formula is C54H34N4. The van der Waals surface area contributed by atoms with Crippen molar-refractivity contribution >= 4 is 87.2 Å². The van der Waals surface area contributed by atoms with Gasteiger partial charge in [-0.15, -0.1) is 0 Å². The SMILES string of the molecule is c1cc(-n2c3ccccc3c3ccccc32)cc(-n2c3ccccc3c3cc4c5ccccc5n(-c5cccc(-n6c7ccccc7c7ccccc76)c5)c4cc32)c1. The summed E-state index contributed by atoms with van der Waals surface area (Å²) in [5, 5.41) is 10.0. The first-order valence-electron chi connectivity index (χ1n) is 19.9. The first-order chi connectivity index (χ1) is 28.8. The summed E-state index contributed by atoms with van der Waals surface area (Å²) in [6, 6.07) is 75.5. The fourth-order valence-corrected chi connectivity index (χ4v) is 9.93. The molecular weight excluding hydrogens is 705 g/mol. The van der Waals surface area contributed by atoms with Gasteiger partial charge in [-0.1, -0.05) is 121 Å². The zero-order valence-electron chi connectivity index (χ0n) is 31.4. The summed E-state index contributed by atoms with van der Waals surface area (Å²) in [4.78, 5) is 0. The van der Waals surface area contributed by atoms with Crippen LogP contribution in [0.5, 0.6) is 0 Å². The Hall–Kier alpha value is -7.82. The number of benzene rings is 9. The molecule has 0 saturated carbocycles. The van der Waals surface area contributed by atoms with E-state index in [4.69, 9.17) is 0 Å². The van der Waals surface area contributed by atoms with Crippen LogP contribution in [-0.4, -0.2) is 18.3 Å². The van der Waals surface area contributed by atoms with Crippen molar-refractivity contribution in [3.8, 4) is 22.7 Å². The first kappa shape index (κ1) is 31.4. The highest BCUT2D eigenvalue weighted by molar-refractivity contribution is 6.19. The zero-order valence-corrected chi connectivity index (χ0v) is 31.4. The van der Waals surface area contributed by atoms with Crippen molar-refractivity contribution in [1.82, 2.24) is 18.3 Å². The first-order valence-corrected chi connectivity index (χ1v) is 19.9. The van der Waals surface area contributed by atoms with Crippen LogP contribution in [0.3, 0.4) is 0 Å². The van der Waals surface area contributed by atoms with Crippen LogP contribution in [0.15, 0.2) is 206 Å². The summed E-state index contributed by atoms with van der Waals surface area (Å²) in [6.07, 6.45) is 0. The van der Waals surface area contributed by atoms with E-state index < -0.39 is 0 Å². The summed E-state index contributed by atoms with van der Waals surface area (Å²) in [7, 11) is 0. The molecule has 0 amide bonds. The smallest absolute Gasteiger partial charge is 0.0562 e. The molecule has 58 heavy (non-hydrogen) atoms. The maximum Gasteiger partial charge on any atom is 0.0562 e. The minimum Gasteiger partial charge on any atom is -0.309 e. The molecule has 13 rings (SSSR count). The molecule has 0 aliphatic carbocycles. The minimum atomic E-state index is 1.13. The molecule has 0 spiro atoms. The number of hydrogen-bond acceptors (Lipinski definition) is 0. The van der Waals surface area contributed by atoms with E-state index in [9.17, 15) is 0 Å². The topological polar surface area (TPSA) is 19.7 Å². The van der Waals surface area contributed by atoms with E-state index in [1.165, 1.54) is 87.2 Å². The van der Waals surface area contributed by atoms with Crippen LogP contribution >= 0.6 is 0 Å². The lowest BCUT2D eigenvalue weighted by atomic mass is 10.1.